The maximum Gasteiger partial charge on any atom is 0.317 e. The van der Waals surface area contributed by atoms with Crippen LogP contribution in [0.25, 0.3) is 0 Å². The Kier molecular flexibility index (Phi) is 5.13. The van der Waals surface area contributed by atoms with Crippen molar-refractivity contribution in [2.24, 2.45) is 0 Å². The Morgan fingerprint density at radius 1 is 1.43 bits per heavy atom. The van der Waals surface area contributed by atoms with Gasteiger partial charge >= 0.3 is 6.03 Å². The first kappa shape index (κ1) is 17.5. The molecule has 2 N–H and O–H groups in total. The van der Waals surface area contributed by atoms with E-state index in [1.54, 1.807) is 6.92 Å². The lowest BCUT2D eigenvalue weighted by atomic mass is 10.1. The number of hydrogen-bond donors (Lipinski definition) is 2. The number of hydrogen-bond acceptors (Lipinski definition) is 4. The number of rotatable bonds is 4. The number of amides is 2. The largest absolute Gasteiger partial charge is 0.334 e. The number of aromatic amines is 1. The highest BCUT2D eigenvalue weighted by Gasteiger charge is 2.33. The number of nitrogens with one attached hydrogen (secondary N) is 2. The van der Waals surface area contributed by atoms with Crippen LogP contribution < -0.4 is 10.9 Å². The normalized spacial score (nSPS) is 19.5. The Labute approximate surface area is 136 Å². The van der Waals surface area contributed by atoms with Crippen LogP contribution in [0.3, 0.4) is 0 Å². The van der Waals surface area contributed by atoms with Crippen molar-refractivity contribution in [3.05, 3.63) is 33.2 Å². The predicted octanol–water partition coefficient (Wildman–Crippen LogP) is 0.710. The molecule has 23 heavy (non-hydrogen) atoms. The minimum absolute atomic E-state index is 0.0123. The Morgan fingerprint density at radius 2 is 2.13 bits per heavy atom. The Bertz CT molecular complexity index is 754. The van der Waals surface area contributed by atoms with E-state index in [1.165, 1.54) is 4.90 Å². The van der Waals surface area contributed by atoms with Gasteiger partial charge in [0.15, 0.2) is 9.84 Å². The van der Waals surface area contributed by atoms with E-state index in [0.29, 0.717) is 18.5 Å². The summed E-state index contributed by atoms with van der Waals surface area (Å²) in [6, 6.07) is 1.22. The van der Waals surface area contributed by atoms with E-state index in [1.807, 2.05) is 19.9 Å². The van der Waals surface area contributed by atoms with Gasteiger partial charge in [-0.15, -0.1) is 0 Å². The van der Waals surface area contributed by atoms with E-state index in [0.717, 1.165) is 11.3 Å². The second-order valence-corrected chi connectivity index (χ2v) is 8.17. The topological polar surface area (TPSA) is 99.3 Å². The molecule has 1 saturated heterocycles. The Morgan fingerprint density at radius 3 is 2.65 bits per heavy atom. The highest BCUT2D eigenvalue weighted by atomic mass is 32.2. The smallest absolute Gasteiger partial charge is 0.317 e. The maximum absolute atomic E-state index is 12.3. The zero-order valence-electron chi connectivity index (χ0n) is 13.7. The molecule has 2 amide bonds. The molecule has 0 unspecified atom stereocenters. The fourth-order valence-corrected chi connectivity index (χ4v) is 4.69. The fraction of sp³-hybridized carbons (Fsp3) is 0.600. The number of aromatic nitrogens is 1. The Hall–Kier alpha value is -1.83. The molecule has 0 saturated carbocycles. The molecule has 1 aliphatic rings. The van der Waals surface area contributed by atoms with Gasteiger partial charge in [-0.25, -0.2) is 13.2 Å². The summed E-state index contributed by atoms with van der Waals surface area (Å²) < 4.78 is 23.2. The molecule has 0 spiro atoms. The van der Waals surface area contributed by atoms with Crippen molar-refractivity contribution in [2.75, 3.05) is 18.1 Å². The van der Waals surface area contributed by atoms with Crippen molar-refractivity contribution in [1.29, 1.82) is 0 Å². The molecule has 128 valence electrons. The van der Waals surface area contributed by atoms with Gasteiger partial charge < -0.3 is 15.2 Å². The molecule has 8 heteroatoms. The standard InChI is InChI=1S/C15H23N3O4S/c1-4-18(12-5-6-23(21,22)9-12)15(20)16-8-13-10(2)7-11(3)17-14(13)19/h7,12H,4-6,8-9H2,1-3H3,(H,16,20)(H,17,19)/t12-/m0/s1. The highest BCUT2D eigenvalue weighted by Crippen LogP contribution is 2.17. The summed E-state index contributed by atoms with van der Waals surface area (Å²) in [6.45, 7) is 5.99. The zero-order chi connectivity index (χ0) is 17.2. The van der Waals surface area contributed by atoms with Gasteiger partial charge in [0.2, 0.25) is 0 Å². The fourth-order valence-electron chi connectivity index (χ4n) is 2.96. The SMILES string of the molecule is CCN(C(=O)NCc1c(C)cc(C)[nH]c1=O)[C@H]1CCS(=O)(=O)C1. The van der Waals surface area contributed by atoms with Crippen molar-refractivity contribution in [3.63, 3.8) is 0 Å². The second kappa shape index (κ2) is 6.74. The van der Waals surface area contributed by atoms with E-state index in [4.69, 9.17) is 0 Å². The number of carbonyl (C=O) groups excluding carboxylic acids is 1. The average Bonchev–Trinajstić information content (AvgIpc) is 2.78. The molecular formula is C15H23N3O4S. The van der Waals surface area contributed by atoms with E-state index in [2.05, 4.69) is 10.3 Å². The van der Waals surface area contributed by atoms with Gasteiger partial charge in [-0.3, -0.25) is 4.79 Å². The van der Waals surface area contributed by atoms with Gasteiger partial charge in [-0.05, 0) is 38.8 Å². The molecule has 1 aliphatic heterocycles. The summed E-state index contributed by atoms with van der Waals surface area (Å²) >= 11 is 0. The van der Waals surface area contributed by atoms with Gasteiger partial charge in [-0.1, -0.05) is 0 Å². The van der Waals surface area contributed by atoms with Gasteiger partial charge in [0.25, 0.3) is 5.56 Å². The van der Waals surface area contributed by atoms with Gasteiger partial charge in [0.1, 0.15) is 0 Å². The van der Waals surface area contributed by atoms with Gasteiger partial charge in [-0.2, -0.15) is 0 Å². The van der Waals surface area contributed by atoms with Crippen LogP contribution in [0, 0.1) is 13.8 Å². The third-order valence-corrected chi connectivity index (χ3v) is 5.91. The van der Waals surface area contributed by atoms with Crippen LogP contribution in [-0.2, 0) is 16.4 Å². The van der Waals surface area contributed by atoms with Crippen LogP contribution in [0.2, 0.25) is 0 Å². The quantitative estimate of drug-likeness (QED) is 0.842. The molecule has 1 aromatic rings. The summed E-state index contributed by atoms with van der Waals surface area (Å²) in [5.41, 5.74) is 1.89. The minimum Gasteiger partial charge on any atom is -0.334 e. The summed E-state index contributed by atoms with van der Waals surface area (Å²) in [7, 11) is -3.05. The van der Waals surface area contributed by atoms with E-state index in [-0.39, 0.29) is 35.7 Å². The highest BCUT2D eigenvalue weighted by molar-refractivity contribution is 7.91. The average molecular weight is 341 g/mol. The molecule has 0 bridgehead atoms. The third kappa shape index (κ3) is 4.13. The number of pyridine rings is 1. The number of aryl methyl sites for hydroxylation is 2. The molecule has 0 aromatic carbocycles. The van der Waals surface area contributed by atoms with E-state index < -0.39 is 9.84 Å². The lowest BCUT2D eigenvalue weighted by molar-refractivity contribution is 0.183. The monoisotopic (exact) mass is 341 g/mol. The van der Waals surface area contributed by atoms with Crippen LogP contribution >= 0.6 is 0 Å². The molecule has 7 nitrogen and oxygen atoms in total. The molecular weight excluding hydrogens is 318 g/mol. The first-order valence-electron chi connectivity index (χ1n) is 7.68. The van der Waals surface area contributed by atoms with Crippen molar-refractivity contribution >= 4 is 15.9 Å². The number of H-pyrrole nitrogens is 1. The third-order valence-electron chi connectivity index (χ3n) is 4.16. The lowest BCUT2D eigenvalue weighted by Crippen LogP contribution is -2.46. The number of carbonyl (C=O) groups is 1. The number of sulfone groups is 1. The summed E-state index contributed by atoms with van der Waals surface area (Å²) in [5, 5.41) is 2.73. The summed E-state index contributed by atoms with van der Waals surface area (Å²) in [4.78, 5) is 28.5. The molecule has 0 radical (unpaired) electrons. The molecule has 2 rings (SSSR count). The molecule has 1 fully saturated rings. The summed E-state index contributed by atoms with van der Waals surface area (Å²) in [5.74, 6) is 0.136. The van der Waals surface area contributed by atoms with Crippen molar-refractivity contribution in [1.82, 2.24) is 15.2 Å². The van der Waals surface area contributed by atoms with Crippen LogP contribution in [-0.4, -0.2) is 48.4 Å². The molecule has 1 atom stereocenters. The number of nitrogens with zero attached hydrogens (tertiary/aromatic N) is 1. The zero-order valence-corrected chi connectivity index (χ0v) is 14.5. The maximum atomic E-state index is 12.3. The first-order chi connectivity index (χ1) is 10.7. The molecule has 2 heterocycles. The predicted molar refractivity (Wildman–Crippen MR) is 88.2 cm³/mol. The van der Waals surface area contributed by atoms with Crippen LogP contribution in [0.15, 0.2) is 10.9 Å². The van der Waals surface area contributed by atoms with Crippen molar-refractivity contribution in [3.8, 4) is 0 Å². The molecule has 0 aliphatic carbocycles. The molecule has 1 aromatic heterocycles. The number of urea groups is 1. The van der Waals surface area contributed by atoms with E-state index in [9.17, 15) is 18.0 Å². The van der Waals surface area contributed by atoms with Crippen LogP contribution in [0.4, 0.5) is 4.79 Å². The van der Waals surface area contributed by atoms with Crippen molar-refractivity contribution in [2.45, 2.75) is 39.8 Å². The lowest BCUT2D eigenvalue weighted by Gasteiger charge is -2.27. The second-order valence-electron chi connectivity index (χ2n) is 5.94. The van der Waals surface area contributed by atoms with Gasteiger partial charge in [0.05, 0.1) is 18.1 Å². The Balaban J connectivity index is 2.05. The van der Waals surface area contributed by atoms with Crippen LogP contribution in [0.5, 0.6) is 0 Å². The van der Waals surface area contributed by atoms with Gasteiger partial charge in [0, 0.05) is 23.8 Å². The minimum atomic E-state index is -3.05. The van der Waals surface area contributed by atoms with Crippen LogP contribution in [0.1, 0.15) is 30.2 Å². The van der Waals surface area contributed by atoms with Crippen molar-refractivity contribution < 1.29 is 13.2 Å². The first-order valence-corrected chi connectivity index (χ1v) is 9.50. The van der Waals surface area contributed by atoms with E-state index >= 15 is 0 Å². The summed E-state index contributed by atoms with van der Waals surface area (Å²) in [6.07, 6.45) is 0.466.